The number of nitrogens with one attached hydrogen (secondary N) is 1. The predicted molar refractivity (Wildman–Crippen MR) is 80.0 cm³/mol. The van der Waals surface area contributed by atoms with Crippen molar-refractivity contribution in [1.82, 2.24) is 15.2 Å². The quantitative estimate of drug-likeness (QED) is 0.620. The lowest BCUT2D eigenvalue weighted by Crippen LogP contribution is -2.51. The third-order valence-corrected chi connectivity index (χ3v) is 4.59. The second-order valence-electron chi connectivity index (χ2n) is 5.85. The molecule has 1 unspecified atom stereocenters. The van der Waals surface area contributed by atoms with E-state index in [-0.39, 0.29) is 11.6 Å². The van der Waals surface area contributed by atoms with Gasteiger partial charge in [-0.2, -0.15) is 5.10 Å². The molecule has 5 nitrogen and oxygen atoms in total. The summed E-state index contributed by atoms with van der Waals surface area (Å²) in [4.78, 5) is 0. The number of rotatable bonds is 6. The van der Waals surface area contributed by atoms with Crippen molar-refractivity contribution >= 4 is 0 Å². The second kappa shape index (κ2) is 6.70. The fourth-order valence-electron chi connectivity index (χ4n) is 3.41. The highest BCUT2D eigenvalue weighted by atomic mass is 16.5. The summed E-state index contributed by atoms with van der Waals surface area (Å²) >= 11 is 0. The first-order valence-electron chi connectivity index (χ1n) is 7.78. The summed E-state index contributed by atoms with van der Waals surface area (Å²) < 4.78 is 8.21. The summed E-state index contributed by atoms with van der Waals surface area (Å²) in [6, 6.07) is 2.05. The van der Waals surface area contributed by atoms with E-state index in [1.165, 1.54) is 12.8 Å². The molecule has 0 bridgehead atoms. The normalized spacial score (nSPS) is 28.5. The van der Waals surface area contributed by atoms with Crippen LogP contribution in [0.1, 0.15) is 58.2 Å². The minimum Gasteiger partial charge on any atom is -0.373 e. The van der Waals surface area contributed by atoms with Gasteiger partial charge in [-0.05, 0) is 51.5 Å². The van der Waals surface area contributed by atoms with E-state index in [0.717, 1.165) is 31.0 Å². The van der Waals surface area contributed by atoms with Crippen LogP contribution < -0.4 is 11.3 Å². The molecule has 1 heterocycles. The molecule has 1 aliphatic carbocycles. The lowest BCUT2D eigenvalue weighted by Gasteiger charge is -2.44. The van der Waals surface area contributed by atoms with Crippen molar-refractivity contribution in [2.24, 2.45) is 11.8 Å². The number of hydrogen-bond acceptors (Lipinski definition) is 4. The third kappa shape index (κ3) is 2.90. The Bertz CT molecular complexity index is 410. The molecule has 1 aromatic rings. The van der Waals surface area contributed by atoms with Gasteiger partial charge in [-0.15, -0.1) is 0 Å². The van der Waals surface area contributed by atoms with Gasteiger partial charge in [0.15, 0.2) is 0 Å². The molecule has 0 aliphatic heterocycles. The Labute approximate surface area is 121 Å². The molecule has 0 amide bonds. The first kappa shape index (κ1) is 15.5. The molecule has 1 atom stereocenters. The van der Waals surface area contributed by atoms with Crippen LogP contribution in [-0.2, 0) is 11.3 Å². The van der Waals surface area contributed by atoms with E-state index < -0.39 is 0 Å². The Morgan fingerprint density at radius 3 is 2.75 bits per heavy atom. The van der Waals surface area contributed by atoms with Crippen LogP contribution in [0.4, 0.5) is 0 Å². The highest BCUT2D eigenvalue weighted by Gasteiger charge is 2.43. The topological polar surface area (TPSA) is 65.1 Å². The Kier molecular flexibility index (Phi) is 5.18. The molecule has 1 aliphatic rings. The lowest BCUT2D eigenvalue weighted by molar-refractivity contribution is -0.0992. The van der Waals surface area contributed by atoms with E-state index in [0.29, 0.717) is 6.61 Å². The maximum atomic E-state index is 6.21. The SMILES string of the molecule is CCOC1(C(NN)c2ccnn2CC)CCC(C)CC1. The van der Waals surface area contributed by atoms with E-state index in [1.54, 1.807) is 0 Å². The number of hydrazine groups is 1. The van der Waals surface area contributed by atoms with Crippen molar-refractivity contribution in [2.75, 3.05) is 6.61 Å². The third-order valence-electron chi connectivity index (χ3n) is 4.59. The van der Waals surface area contributed by atoms with Crippen LogP contribution in [0.2, 0.25) is 0 Å². The number of hydrogen-bond donors (Lipinski definition) is 2. The molecule has 0 aromatic carbocycles. The zero-order valence-electron chi connectivity index (χ0n) is 12.9. The first-order valence-corrected chi connectivity index (χ1v) is 7.78. The van der Waals surface area contributed by atoms with Gasteiger partial charge in [0, 0.05) is 19.3 Å². The summed E-state index contributed by atoms with van der Waals surface area (Å²) in [5, 5.41) is 4.37. The summed E-state index contributed by atoms with van der Waals surface area (Å²) in [5.41, 5.74) is 3.92. The van der Waals surface area contributed by atoms with Gasteiger partial charge in [0.05, 0.1) is 17.3 Å². The van der Waals surface area contributed by atoms with E-state index in [4.69, 9.17) is 10.6 Å². The fourth-order valence-corrected chi connectivity index (χ4v) is 3.41. The molecule has 0 radical (unpaired) electrons. The maximum Gasteiger partial charge on any atom is 0.0918 e. The maximum absolute atomic E-state index is 6.21. The zero-order valence-corrected chi connectivity index (χ0v) is 12.9. The first-order chi connectivity index (χ1) is 9.66. The molecule has 20 heavy (non-hydrogen) atoms. The Balaban J connectivity index is 2.30. The molecule has 0 spiro atoms. The van der Waals surface area contributed by atoms with Gasteiger partial charge in [-0.1, -0.05) is 6.92 Å². The average molecular weight is 280 g/mol. The van der Waals surface area contributed by atoms with E-state index in [2.05, 4.69) is 31.3 Å². The minimum absolute atomic E-state index is 0.00241. The van der Waals surface area contributed by atoms with Gasteiger partial charge in [-0.25, -0.2) is 5.43 Å². The average Bonchev–Trinajstić information content (AvgIpc) is 2.91. The van der Waals surface area contributed by atoms with Crippen LogP contribution >= 0.6 is 0 Å². The second-order valence-corrected chi connectivity index (χ2v) is 5.85. The van der Waals surface area contributed by atoms with Gasteiger partial charge in [0.2, 0.25) is 0 Å². The molecule has 1 saturated carbocycles. The largest absolute Gasteiger partial charge is 0.373 e. The van der Waals surface area contributed by atoms with Crippen molar-refractivity contribution < 1.29 is 4.74 Å². The standard InChI is InChI=1S/C15H28N4O/c1-4-19-13(8-11-17-19)14(18-16)15(20-5-2)9-6-12(3)7-10-15/h8,11-12,14,18H,4-7,9-10,16H2,1-3H3. The highest BCUT2D eigenvalue weighted by molar-refractivity contribution is 5.14. The number of nitrogens with zero attached hydrogens (tertiary/aromatic N) is 2. The van der Waals surface area contributed by atoms with Gasteiger partial charge in [0.1, 0.15) is 0 Å². The van der Waals surface area contributed by atoms with E-state index in [9.17, 15) is 0 Å². The Morgan fingerprint density at radius 1 is 1.50 bits per heavy atom. The highest BCUT2D eigenvalue weighted by Crippen LogP contribution is 2.42. The Hall–Kier alpha value is -0.910. The minimum atomic E-state index is -0.205. The van der Waals surface area contributed by atoms with E-state index >= 15 is 0 Å². The van der Waals surface area contributed by atoms with Crippen molar-refractivity contribution in [2.45, 2.75) is 64.6 Å². The van der Waals surface area contributed by atoms with Crippen molar-refractivity contribution in [3.05, 3.63) is 18.0 Å². The molecular weight excluding hydrogens is 252 g/mol. The van der Waals surface area contributed by atoms with E-state index in [1.807, 2.05) is 16.9 Å². The molecule has 1 fully saturated rings. The predicted octanol–water partition coefficient (Wildman–Crippen LogP) is 2.39. The lowest BCUT2D eigenvalue weighted by atomic mass is 9.74. The van der Waals surface area contributed by atoms with Crippen LogP contribution in [0.5, 0.6) is 0 Å². The number of nitrogens with two attached hydrogens (primary N) is 1. The van der Waals surface area contributed by atoms with Crippen molar-refractivity contribution in [1.29, 1.82) is 0 Å². The van der Waals surface area contributed by atoms with Gasteiger partial charge in [0.25, 0.3) is 0 Å². The van der Waals surface area contributed by atoms with Gasteiger partial charge in [-0.3, -0.25) is 10.5 Å². The smallest absolute Gasteiger partial charge is 0.0918 e. The monoisotopic (exact) mass is 280 g/mol. The van der Waals surface area contributed by atoms with Crippen LogP contribution in [0.25, 0.3) is 0 Å². The van der Waals surface area contributed by atoms with Crippen LogP contribution in [0.15, 0.2) is 12.3 Å². The zero-order chi connectivity index (χ0) is 14.6. The number of aryl methyl sites for hydroxylation is 1. The number of ether oxygens (including phenoxy) is 1. The van der Waals surface area contributed by atoms with Crippen molar-refractivity contribution in [3.8, 4) is 0 Å². The van der Waals surface area contributed by atoms with Crippen molar-refractivity contribution in [3.63, 3.8) is 0 Å². The molecule has 1 aromatic heterocycles. The summed E-state index contributed by atoms with van der Waals surface area (Å²) in [7, 11) is 0. The molecule has 3 N–H and O–H groups in total. The summed E-state index contributed by atoms with van der Waals surface area (Å²) in [6.45, 7) is 8.04. The Morgan fingerprint density at radius 2 is 2.20 bits per heavy atom. The number of aromatic nitrogens is 2. The van der Waals surface area contributed by atoms with Gasteiger partial charge < -0.3 is 4.74 Å². The molecule has 0 saturated heterocycles. The molecular formula is C15H28N4O. The summed E-state index contributed by atoms with van der Waals surface area (Å²) in [6.07, 6.45) is 6.32. The molecule has 2 rings (SSSR count). The fraction of sp³-hybridized carbons (Fsp3) is 0.800. The molecule has 5 heteroatoms. The van der Waals surface area contributed by atoms with Crippen LogP contribution in [0, 0.1) is 5.92 Å². The van der Waals surface area contributed by atoms with Crippen LogP contribution in [0.3, 0.4) is 0 Å². The summed E-state index contributed by atoms with van der Waals surface area (Å²) in [5.74, 6) is 6.67. The van der Waals surface area contributed by atoms with Gasteiger partial charge >= 0.3 is 0 Å². The molecule has 114 valence electrons. The van der Waals surface area contributed by atoms with Crippen LogP contribution in [-0.4, -0.2) is 22.0 Å².